The maximum absolute atomic E-state index is 14.1. The number of carbonyl (C=O) groups is 1. The Hall–Kier alpha value is -2.48. The smallest absolute Gasteiger partial charge is 0.374 e. The molecule has 0 aromatic heterocycles. The second-order valence-corrected chi connectivity index (χ2v) is 7.26. The minimum absolute atomic E-state index is 0.0766. The van der Waals surface area contributed by atoms with Crippen LogP contribution in [0.4, 0.5) is 13.2 Å². The molecular weight excluding hydrogens is 395 g/mol. The van der Waals surface area contributed by atoms with Gasteiger partial charge in [-0.3, -0.25) is 15.6 Å². The van der Waals surface area contributed by atoms with Crippen molar-refractivity contribution in [1.82, 2.24) is 10.9 Å². The maximum atomic E-state index is 14.1. The molecule has 28 heavy (non-hydrogen) atoms. The first-order valence-electron chi connectivity index (χ1n) is 8.64. The van der Waals surface area contributed by atoms with E-state index in [2.05, 4.69) is 16.0 Å². The van der Waals surface area contributed by atoms with E-state index in [1.54, 1.807) is 19.1 Å². The topological polar surface area (TPSA) is 62.7 Å². The molecule has 0 fully saturated rings. The van der Waals surface area contributed by atoms with Gasteiger partial charge in [0, 0.05) is 23.9 Å². The Bertz CT molecular complexity index is 873. The van der Waals surface area contributed by atoms with E-state index >= 15 is 0 Å². The number of allylic oxidation sites excluding steroid dienone is 3. The molecule has 1 aliphatic heterocycles. The number of nitrogens with zero attached hydrogens (tertiary/aromatic N) is 1. The number of nitrogens with one attached hydrogen (secondary N) is 2. The molecule has 5 nitrogen and oxygen atoms in total. The van der Waals surface area contributed by atoms with E-state index in [9.17, 15) is 18.0 Å². The molecular formula is C19H19ClF3N3O2. The molecule has 1 amide bonds. The average molecular weight is 414 g/mol. The molecule has 1 aromatic carbocycles. The molecule has 1 aliphatic carbocycles. The SMILES string of the molecule is CC(=O)NNC1=CCCC(C2=NOC(c3cc(C)cc(Cl)c3)(C(F)(F)F)C2)=C1. The summed E-state index contributed by atoms with van der Waals surface area (Å²) in [6.45, 7) is 3.02. The predicted molar refractivity (Wildman–Crippen MR) is 99.4 cm³/mol. The van der Waals surface area contributed by atoms with Gasteiger partial charge in [-0.25, -0.2) is 0 Å². The minimum atomic E-state index is -4.68. The number of rotatable bonds is 4. The van der Waals surface area contributed by atoms with E-state index in [0.29, 0.717) is 29.7 Å². The number of hydrazine groups is 1. The Kier molecular flexibility index (Phi) is 5.43. The molecule has 0 bridgehead atoms. The van der Waals surface area contributed by atoms with Gasteiger partial charge in [0.2, 0.25) is 5.91 Å². The van der Waals surface area contributed by atoms with Crippen molar-refractivity contribution >= 4 is 23.2 Å². The van der Waals surface area contributed by atoms with E-state index in [1.165, 1.54) is 19.1 Å². The molecule has 0 saturated carbocycles. The lowest BCUT2D eigenvalue weighted by Crippen LogP contribution is -2.42. The van der Waals surface area contributed by atoms with E-state index in [0.717, 1.165) is 0 Å². The average Bonchev–Trinajstić information content (AvgIpc) is 3.06. The number of carbonyl (C=O) groups excluding carboxylic acids is 1. The van der Waals surface area contributed by atoms with Gasteiger partial charge in [0.25, 0.3) is 5.60 Å². The normalized spacial score (nSPS) is 22.0. The zero-order valence-corrected chi connectivity index (χ0v) is 16.0. The number of hydrogen-bond donors (Lipinski definition) is 2. The number of aryl methyl sites for hydroxylation is 1. The van der Waals surface area contributed by atoms with Gasteiger partial charge in [0.15, 0.2) is 0 Å². The van der Waals surface area contributed by atoms with Crippen LogP contribution in [0, 0.1) is 6.92 Å². The molecule has 9 heteroatoms. The molecule has 3 rings (SSSR count). The summed E-state index contributed by atoms with van der Waals surface area (Å²) in [7, 11) is 0. The lowest BCUT2D eigenvalue weighted by molar-refractivity contribution is -0.275. The number of halogens is 4. The summed E-state index contributed by atoms with van der Waals surface area (Å²) >= 11 is 5.98. The zero-order valence-electron chi connectivity index (χ0n) is 15.3. The van der Waals surface area contributed by atoms with Gasteiger partial charge in [-0.05, 0) is 49.1 Å². The highest BCUT2D eigenvalue weighted by Gasteiger charge is 2.62. The van der Waals surface area contributed by atoms with Gasteiger partial charge in [-0.2, -0.15) is 13.2 Å². The van der Waals surface area contributed by atoms with Crippen LogP contribution in [0.3, 0.4) is 0 Å². The molecule has 2 N–H and O–H groups in total. The van der Waals surface area contributed by atoms with Crippen molar-refractivity contribution in [2.45, 2.75) is 44.9 Å². The highest BCUT2D eigenvalue weighted by molar-refractivity contribution is 6.30. The fraction of sp³-hybridized carbons (Fsp3) is 0.368. The van der Waals surface area contributed by atoms with Crippen LogP contribution in [-0.2, 0) is 15.2 Å². The third-order valence-corrected chi connectivity index (χ3v) is 4.77. The number of alkyl halides is 3. The number of amides is 1. The van der Waals surface area contributed by atoms with Crippen LogP contribution in [0.1, 0.15) is 37.3 Å². The minimum Gasteiger partial charge on any atom is -0.374 e. The van der Waals surface area contributed by atoms with Crippen LogP contribution in [0.25, 0.3) is 0 Å². The maximum Gasteiger partial charge on any atom is 0.435 e. The molecule has 2 aliphatic rings. The van der Waals surface area contributed by atoms with Gasteiger partial charge in [0.1, 0.15) is 0 Å². The Balaban J connectivity index is 1.89. The van der Waals surface area contributed by atoms with Gasteiger partial charge in [-0.15, -0.1) is 0 Å². The standard InChI is InChI=1S/C19H19ClF3N3O2/c1-11-6-14(9-15(20)7-11)18(19(21,22)23)10-17(26-28-18)13-4-3-5-16(8-13)25-24-12(2)27/h5-9,25H,3-4,10H2,1-2H3,(H,24,27). The summed E-state index contributed by atoms with van der Waals surface area (Å²) in [4.78, 5) is 16.1. The number of benzene rings is 1. The van der Waals surface area contributed by atoms with Crippen LogP contribution < -0.4 is 10.9 Å². The summed E-state index contributed by atoms with van der Waals surface area (Å²) in [6.07, 6.45) is -0.504. The van der Waals surface area contributed by atoms with Crippen molar-refractivity contribution in [2.24, 2.45) is 5.16 Å². The van der Waals surface area contributed by atoms with Crippen LogP contribution in [0.5, 0.6) is 0 Å². The first-order valence-corrected chi connectivity index (χ1v) is 9.02. The summed E-state index contributed by atoms with van der Waals surface area (Å²) in [5, 5.41) is 3.99. The fourth-order valence-electron chi connectivity index (χ4n) is 3.22. The van der Waals surface area contributed by atoms with Crippen LogP contribution in [-0.4, -0.2) is 17.8 Å². The fourth-order valence-corrected chi connectivity index (χ4v) is 3.51. The first-order chi connectivity index (χ1) is 13.1. The predicted octanol–water partition coefficient (Wildman–Crippen LogP) is 4.43. The van der Waals surface area contributed by atoms with Crippen molar-refractivity contribution < 1.29 is 22.8 Å². The van der Waals surface area contributed by atoms with E-state index in [1.807, 2.05) is 6.08 Å². The highest BCUT2D eigenvalue weighted by atomic mass is 35.5. The van der Waals surface area contributed by atoms with Crippen LogP contribution in [0.15, 0.2) is 46.8 Å². The lowest BCUT2D eigenvalue weighted by Gasteiger charge is -2.30. The summed E-state index contributed by atoms with van der Waals surface area (Å²) in [6, 6.07) is 4.26. The van der Waals surface area contributed by atoms with Gasteiger partial charge in [0.05, 0.1) is 11.4 Å². The van der Waals surface area contributed by atoms with Crippen molar-refractivity contribution in [3.05, 3.63) is 57.8 Å². The molecule has 150 valence electrons. The molecule has 1 atom stereocenters. The Morgan fingerprint density at radius 1 is 1.32 bits per heavy atom. The van der Waals surface area contributed by atoms with Crippen LogP contribution >= 0.6 is 11.6 Å². The Labute approximate surface area is 165 Å². The molecule has 1 heterocycles. The molecule has 0 radical (unpaired) electrons. The number of oxime groups is 1. The molecule has 0 saturated heterocycles. The molecule has 1 aromatic rings. The van der Waals surface area contributed by atoms with Crippen molar-refractivity contribution in [3.8, 4) is 0 Å². The second-order valence-electron chi connectivity index (χ2n) is 6.82. The highest BCUT2D eigenvalue weighted by Crippen LogP contribution is 2.49. The van der Waals surface area contributed by atoms with Crippen molar-refractivity contribution in [1.29, 1.82) is 0 Å². The third-order valence-electron chi connectivity index (χ3n) is 4.56. The van der Waals surface area contributed by atoms with Crippen molar-refractivity contribution in [2.75, 3.05) is 0 Å². The summed E-state index contributed by atoms with van der Waals surface area (Å²) in [5.74, 6) is -0.282. The van der Waals surface area contributed by atoms with Gasteiger partial charge < -0.3 is 4.84 Å². The summed E-state index contributed by atoms with van der Waals surface area (Å²) in [5.41, 5.74) is 4.54. The van der Waals surface area contributed by atoms with Crippen molar-refractivity contribution in [3.63, 3.8) is 0 Å². The van der Waals surface area contributed by atoms with E-state index in [-0.39, 0.29) is 22.2 Å². The number of hydrogen-bond acceptors (Lipinski definition) is 4. The summed E-state index contributed by atoms with van der Waals surface area (Å²) < 4.78 is 42.2. The van der Waals surface area contributed by atoms with Gasteiger partial charge >= 0.3 is 6.18 Å². The Morgan fingerprint density at radius 2 is 2.07 bits per heavy atom. The second kappa shape index (κ2) is 7.50. The molecule has 1 unspecified atom stereocenters. The third kappa shape index (κ3) is 4.01. The quantitative estimate of drug-likeness (QED) is 0.718. The van der Waals surface area contributed by atoms with Gasteiger partial charge in [-0.1, -0.05) is 28.9 Å². The Morgan fingerprint density at radius 3 is 2.71 bits per heavy atom. The van der Waals surface area contributed by atoms with Crippen LogP contribution in [0.2, 0.25) is 5.02 Å². The van der Waals surface area contributed by atoms with E-state index < -0.39 is 18.2 Å². The zero-order chi connectivity index (χ0) is 20.5. The lowest BCUT2D eigenvalue weighted by atomic mass is 9.84. The monoisotopic (exact) mass is 413 g/mol. The molecule has 0 spiro atoms. The first kappa shape index (κ1) is 20.3. The largest absolute Gasteiger partial charge is 0.435 e. The van der Waals surface area contributed by atoms with E-state index in [4.69, 9.17) is 16.4 Å².